The number of halogens is 1. The van der Waals surface area contributed by atoms with E-state index in [0.717, 1.165) is 15.8 Å². The number of oxazole rings is 1. The van der Waals surface area contributed by atoms with Crippen LogP contribution >= 0.6 is 11.3 Å². The third kappa shape index (κ3) is 2.60. The molecule has 0 radical (unpaired) electrons. The highest BCUT2D eigenvalue weighted by atomic mass is 32.1. The summed E-state index contributed by atoms with van der Waals surface area (Å²) in [6, 6.07) is 12.2. The van der Waals surface area contributed by atoms with Gasteiger partial charge in [-0.05, 0) is 35.4 Å². The quantitative estimate of drug-likeness (QED) is 0.600. The Kier molecular flexibility index (Phi) is 3.87. The molecule has 2 aromatic carbocycles. The predicted molar refractivity (Wildman–Crippen MR) is 99.5 cm³/mol. The molecule has 2 heterocycles. The van der Waals surface area contributed by atoms with Crippen LogP contribution in [0.5, 0.6) is 0 Å². The smallest absolute Gasteiger partial charge is 0.408 e. The third-order valence-electron chi connectivity index (χ3n) is 4.39. The van der Waals surface area contributed by atoms with Gasteiger partial charge in [0.05, 0.1) is 17.6 Å². The molecule has 5 nitrogen and oxygen atoms in total. The molecule has 1 unspecified atom stereocenters. The Morgan fingerprint density at radius 3 is 2.81 bits per heavy atom. The van der Waals surface area contributed by atoms with Crippen LogP contribution in [0.2, 0.25) is 0 Å². The Morgan fingerprint density at radius 1 is 1.31 bits per heavy atom. The van der Waals surface area contributed by atoms with E-state index in [0.29, 0.717) is 21.4 Å². The molecule has 0 aliphatic carbocycles. The van der Waals surface area contributed by atoms with Crippen molar-refractivity contribution in [3.63, 3.8) is 0 Å². The molecule has 0 bridgehead atoms. The van der Waals surface area contributed by atoms with Crippen molar-refractivity contribution in [2.75, 3.05) is 0 Å². The molecule has 2 aromatic heterocycles. The molecule has 0 saturated heterocycles. The summed E-state index contributed by atoms with van der Waals surface area (Å²) in [5.41, 5.74) is 8.51. The normalized spacial score (nSPS) is 12.5. The molecule has 0 aliphatic rings. The Bertz CT molecular complexity index is 1250. The third-order valence-corrected chi connectivity index (χ3v) is 5.56. The first-order chi connectivity index (χ1) is 12.5. The highest BCUT2D eigenvalue weighted by Crippen LogP contribution is 2.34. The van der Waals surface area contributed by atoms with E-state index in [9.17, 15) is 9.18 Å². The summed E-state index contributed by atoms with van der Waals surface area (Å²) in [4.78, 5) is 12.1. The van der Waals surface area contributed by atoms with Crippen LogP contribution in [0.4, 0.5) is 4.39 Å². The lowest BCUT2D eigenvalue weighted by molar-refractivity contribution is 0.528. The first-order valence-corrected chi connectivity index (χ1v) is 8.75. The second-order valence-corrected chi connectivity index (χ2v) is 7.24. The number of benzene rings is 2. The maximum Gasteiger partial charge on any atom is 0.419 e. The van der Waals surface area contributed by atoms with Crippen molar-refractivity contribution in [2.24, 2.45) is 12.8 Å². The van der Waals surface area contributed by atoms with Crippen LogP contribution < -0.4 is 11.5 Å². The lowest BCUT2D eigenvalue weighted by atomic mass is 10.0. The lowest BCUT2D eigenvalue weighted by Crippen LogP contribution is -2.19. The van der Waals surface area contributed by atoms with Gasteiger partial charge in [-0.2, -0.15) is 5.26 Å². The highest BCUT2D eigenvalue weighted by Gasteiger charge is 2.16. The van der Waals surface area contributed by atoms with Crippen LogP contribution in [0.1, 0.15) is 4.88 Å². The molecule has 0 spiro atoms. The van der Waals surface area contributed by atoms with Crippen LogP contribution in [-0.2, 0) is 13.5 Å². The van der Waals surface area contributed by atoms with Gasteiger partial charge in [0.1, 0.15) is 5.82 Å². The van der Waals surface area contributed by atoms with Gasteiger partial charge in [0.25, 0.3) is 0 Å². The number of fused-ring (bicyclic) bond motifs is 2. The van der Waals surface area contributed by atoms with Crippen LogP contribution in [0.25, 0.3) is 32.3 Å². The van der Waals surface area contributed by atoms with Crippen molar-refractivity contribution in [3.8, 4) is 17.2 Å². The molecule has 26 heavy (non-hydrogen) atoms. The molecule has 4 rings (SSSR count). The average Bonchev–Trinajstić information content (AvgIpc) is 3.11. The molecule has 1 atom stereocenters. The minimum absolute atomic E-state index is 0.195. The first-order valence-electron chi connectivity index (χ1n) is 7.94. The van der Waals surface area contributed by atoms with Crippen molar-refractivity contribution >= 4 is 32.5 Å². The molecule has 130 valence electrons. The van der Waals surface area contributed by atoms with Gasteiger partial charge in [-0.1, -0.05) is 12.1 Å². The summed E-state index contributed by atoms with van der Waals surface area (Å²) in [6.07, 6.45) is 0.195. The molecule has 0 saturated carbocycles. The maximum absolute atomic E-state index is 14.7. The zero-order valence-electron chi connectivity index (χ0n) is 13.8. The van der Waals surface area contributed by atoms with Crippen LogP contribution in [-0.4, -0.2) is 10.6 Å². The molecule has 0 fully saturated rings. The second-order valence-electron chi connectivity index (χ2n) is 6.10. The number of aryl methyl sites for hydroxylation is 1. The second kappa shape index (κ2) is 6.09. The number of nitrogens with two attached hydrogens (primary N) is 1. The average molecular weight is 367 g/mol. The van der Waals surface area contributed by atoms with Gasteiger partial charge in [-0.25, -0.2) is 9.18 Å². The molecular weight excluding hydrogens is 353 g/mol. The summed E-state index contributed by atoms with van der Waals surface area (Å²) < 4.78 is 22.1. The fraction of sp³-hybridized carbons (Fsp3) is 0.158. The van der Waals surface area contributed by atoms with E-state index in [-0.39, 0.29) is 12.2 Å². The SMILES string of the molecule is Cn1c(=O)oc2ccc(-c3ccc4sc(CC(N)C#N)c(F)c4c3)cc21. The van der Waals surface area contributed by atoms with E-state index in [1.54, 1.807) is 19.2 Å². The number of nitriles is 1. The maximum atomic E-state index is 14.7. The van der Waals surface area contributed by atoms with Gasteiger partial charge >= 0.3 is 5.76 Å². The van der Waals surface area contributed by atoms with Crippen LogP contribution in [0, 0.1) is 17.1 Å². The molecule has 0 amide bonds. The van der Waals surface area contributed by atoms with Gasteiger partial charge in [-0.15, -0.1) is 11.3 Å². The Morgan fingerprint density at radius 2 is 2.04 bits per heavy atom. The number of aromatic nitrogens is 1. The standard InChI is InChI=1S/C19H14FN3O2S/c1-23-14-7-11(2-4-15(14)25-19(23)24)10-3-5-16-13(6-10)18(20)17(26-16)8-12(22)9-21/h2-7,12H,8,22H2,1H3. The molecule has 2 N–H and O–H groups in total. The van der Waals surface area contributed by atoms with Crippen molar-refractivity contribution in [1.82, 2.24) is 4.57 Å². The Hall–Kier alpha value is -2.95. The summed E-state index contributed by atoms with van der Waals surface area (Å²) in [6.45, 7) is 0. The monoisotopic (exact) mass is 367 g/mol. The molecule has 0 aliphatic heterocycles. The van der Waals surface area contributed by atoms with Crippen molar-refractivity contribution in [2.45, 2.75) is 12.5 Å². The molecular formula is C19H14FN3O2S. The Balaban J connectivity index is 1.82. The van der Waals surface area contributed by atoms with E-state index >= 15 is 0 Å². The van der Waals surface area contributed by atoms with E-state index in [1.165, 1.54) is 15.9 Å². The molecule has 4 aromatic rings. The van der Waals surface area contributed by atoms with Gasteiger partial charge in [0.15, 0.2) is 5.58 Å². The van der Waals surface area contributed by atoms with Crippen molar-refractivity contribution in [1.29, 1.82) is 5.26 Å². The van der Waals surface area contributed by atoms with E-state index in [2.05, 4.69) is 0 Å². The van der Waals surface area contributed by atoms with Crippen molar-refractivity contribution in [3.05, 3.63) is 57.6 Å². The summed E-state index contributed by atoms with van der Waals surface area (Å²) in [5, 5.41) is 9.35. The number of hydrogen-bond donors (Lipinski definition) is 1. The fourth-order valence-corrected chi connectivity index (χ4v) is 4.10. The van der Waals surface area contributed by atoms with Crippen molar-refractivity contribution < 1.29 is 8.81 Å². The van der Waals surface area contributed by atoms with E-state index in [1.807, 2.05) is 30.3 Å². The van der Waals surface area contributed by atoms with E-state index in [4.69, 9.17) is 15.4 Å². The fourth-order valence-electron chi connectivity index (χ4n) is 2.98. The van der Waals surface area contributed by atoms with Gasteiger partial charge in [0.2, 0.25) is 0 Å². The van der Waals surface area contributed by atoms with Crippen LogP contribution in [0.15, 0.2) is 45.6 Å². The van der Waals surface area contributed by atoms with Gasteiger partial charge < -0.3 is 10.2 Å². The lowest BCUT2D eigenvalue weighted by Gasteiger charge is -2.03. The molecule has 7 heteroatoms. The number of nitrogens with zero attached hydrogens (tertiary/aromatic N) is 2. The number of hydrogen-bond acceptors (Lipinski definition) is 5. The Labute approximate surface area is 151 Å². The van der Waals surface area contributed by atoms with Gasteiger partial charge in [0, 0.05) is 28.4 Å². The summed E-state index contributed by atoms with van der Waals surface area (Å²) >= 11 is 1.31. The summed E-state index contributed by atoms with van der Waals surface area (Å²) in [5.74, 6) is -0.746. The number of thiophene rings is 1. The topological polar surface area (TPSA) is 84.9 Å². The van der Waals surface area contributed by atoms with E-state index < -0.39 is 11.8 Å². The highest BCUT2D eigenvalue weighted by molar-refractivity contribution is 7.19. The zero-order chi connectivity index (χ0) is 18.4. The van der Waals surface area contributed by atoms with Crippen LogP contribution in [0.3, 0.4) is 0 Å². The largest absolute Gasteiger partial charge is 0.419 e. The minimum atomic E-state index is -0.721. The first kappa shape index (κ1) is 16.5. The predicted octanol–water partition coefficient (Wildman–Crippen LogP) is 3.55. The van der Waals surface area contributed by atoms with Gasteiger partial charge in [-0.3, -0.25) is 4.57 Å². The summed E-state index contributed by atoms with van der Waals surface area (Å²) in [7, 11) is 1.64. The zero-order valence-corrected chi connectivity index (χ0v) is 14.6. The minimum Gasteiger partial charge on any atom is -0.408 e. The number of rotatable bonds is 3.